The summed E-state index contributed by atoms with van der Waals surface area (Å²) in [4.78, 5) is 18.2. The van der Waals surface area contributed by atoms with Gasteiger partial charge in [0, 0.05) is 18.4 Å². The van der Waals surface area contributed by atoms with E-state index in [0.717, 1.165) is 17.8 Å². The van der Waals surface area contributed by atoms with Gasteiger partial charge in [-0.05, 0) is 31.8 Å². The molecule has 1 aromatic carbocycles. The normalized spacial score (nSPS) is 10.7. The van der Waals surface area contributed by atoms with Crippen LogP contribution in [-0.4, -0.2) is 29.9 Å². The Kier molecular flexibility index (Phi) is 5.17. The highest BCUT2D eigenvalue weighted by Crippen LogP contribution is 2.21. The number of nitrogens with zero attached hydrogens (tertiary/aromatic N) is 2. The molecule has 0 saturated heterocycles. The zero-order chi connectivity index (χ0) is 15.4. The molecule has 0 aliphatic carbocycles. The molecule has 1 heterocycles. The molecule has 1 N–H and O–H groups in total. The van der Waals surface area contributed by atoms with Crippen LogP contribution in [-0.2, 0) is 6.54 Å². The number of para-hydroxylation sites is 1. The van der Waals surface area contributed by atoms with Crippen molar-refractivity contribution in [3.63, 3.8) is 0 Å². The van der Waals surface area contributed by atoms with E-state index in [4.69, 9.17) is 23.2 Å². The molecule has 4 nitrogen and oxygen atoms in total. The van der Waals surface area contributed by atoms with Crippen LogP contribution < -0.4 is 5.32 Å². The Bertz CT molecular complexity index is 659. The van der Waals surface area contributed by atoms with Crippen LogP contribution in [0.3, 0.4) is 0 Å². The van der Waals surface area contributed by atoms with Gasteiger partial charge in [0.2, 0.25) is 0 Å². The molecule has 110 valence electrons. The SMILES string of the molecule is CN(C)Cc1ccccc1NC(=O)c1cnc(Cl)c(Cl)c1. The summed E-state index contributed by atoms with van der Waals surface area (Å²) in [5.41, 5.74) is 2.16. The molecule has 0 saturated carbocycles. The summed E-state index contributed by atoms with van der Waals surface area (Å²) in [6.07, 6.45) is 1.40. The van der Waals surface area contributed by atoms with Gasteiger partial charge in [0.25, 0.3) is 5.91 Å². The van der Waals surface area contributed by atoms with Crippen LogP contribution in [0.4, 0.5) is 5.69 Å². The first-order valence-corrected chi connectivity index (χ1v) is 7.08. The number of carbonyl (C=O) groups excluding carboxylic acids is 1. The average Bonchev–Trinajstić information content (AvgIpc) is 2.43. The second kappa shape index (κ2) is 6.89. The van der Waals surface area contributed by atoms with Crippen molar-refractivity contribution < 1.29 is 4.79 Å². The molecular formula is C15H15Cl2N3O. The van der Waals surface area contributed by atoms with E-state index in [1.54, 1.807) is 0 Å². The smallest absolute Gasteiger partial charge is 0.257 e. The number of hydrogen-bond acceptors (Lipinski definition) is 3. The van der Waals surface area contributed by atoms with E-state index >= 15 is 0 Å². The lowest BCUT2D eigenvalue weighted by atomic mass is 10.1. The van der Waals surface area contributed by atoms with E-state index in [1.807, 2.05) is 43.3 Å². The molecule has 0 atom stereocenters. The highest BCUT2D eigenvalue weighted by Gasteiger charge is 2.11. The standard InChI is InChI=1S/C15H15Cl2N3O/c1-20(2)9-10-5-3-4-6-13(10)19-15(21)11-7-12(16)14(17)18-8-11/h3-8H,9H2,1-2H3,(H,19,21). The molecular weight excluding hydrogens is 309 g/mol. The van der Waals surface area contributed by atoms with Crippen LogP contribution in [0.2, 0.25) is 10.2 Å². The van der Waals surface area contributed by atoms with Crippen molar-refractivity contribution in [1.29, 1.82) is 0 Å². The van der Waals surface area contributed by atoms with E-state index in [-0.39, 0.29) is 16.1 Å². The highest BCUT2D eigenvalue weighted by atomic mass is 35.5. The Morgan fingerprint density at radius 1 is 1.29 bits per heavy atom. The first-order chi connectivity index (χ1) is 9.97. The summed E-state index contributed by atoms with van der Waals surface area (Å²) in [7, 11) is 3.95. The van der Waals surface area contributed by atoms with E-state index < -0.39 is 0 Å². The third kappa shape index (κ3) is 4.17. The third-order valence-electron chi connectivity index (χ3n) is 2.81. The predicted molar refractivity (Wildman–Crippen MR) is 86.0 cm³/mol. The number of benzene rings is 1. The van der Waals surface area contributed by atoms with Crippen LogP contribution in [0, 0.1) is 0 Å². The minimum absolute atomic E-state index is 0.182. The Balaban J connectivity index is 2.21. The maximum atomic E-state index is 12.2. The average molecular weight is 324 g/mol. The fraction of sp³-hybridized carbons (Fsp3) is 0.200. The van der Waals surface area contributed by atoms with Gasteiger partial charge in [-0.15, -0.1) is 0 Å². The number of aromatic nitrogens is 1. The maximum absolute atomic E-state index is 12.2. The fourth-order valence-electron chi connectivity index (χ4n) is 1.86. The quantitative estimate of drug-likeness (QED) is 0.872. The molecule has 0 aliphatic rings. The molecule has 0 spiro atoms. The van der Waals surface area contributed by atoms with Crippen molar-refractivity contribution in [1.82, 2.24) is 9.88 Å². The minimum Gasteiger partial charge on any atom is -0.322 e. The molecule has 0 fully saturated rings. The maximum Gasteiger partial charge on any atom is 0.257 e. The zero-order valence-electron chi connectivity index (χ0n) is 11.7. The van der Waals surface area contributed by atoms with Crippen LogP contribution in [0.1, 0.15) is 15.9 Å². The number of hydrogen-bond donors (Lipinski definition) is 1. The van der Waals surface area contributed by atoms with E-state index in [1.165, 1.54) is 12.3 Å². The van der Waals surface area contributed by atoms with Gasteiger partial charge in [-0.3, -0.25) is 4.79 Å². The molecule has 0 unspecified atom stereocenters. The van der Waals surface area contributed by atoms with Crippen molar-refractivity contribution in [2.24, 2.45) is 0 Å². The van der Waals surface area contributed by atoms with Gasteiger partial charge in [-0.1, -0.05) is 41.4 Å². The minimum atomic E-state index is -0.271. The number of halogens is 2. The molecule has 0 bridgehead atoms. The van der Waals surface area contributed by atoms with Gasteiger partial charge in [0.1, 0.15) is 5.15 Å². The summed E-state index contributed by atoms with van der Waals surface area (Å²) in [6, 6.07) is 9.15. The van der Waals surface area contributed by atoms with Crippen molar-refractivity contribution in [2.75, 3.05) is 19.4 Å². The lowest BCUT2D eigenvalue weighted by Crippen LogP contribution is -2.16. The second-order valence-corrected chi connectivity index (χ2v) is 5.61. The van der Waals surface area contributed by atoms with Crippen LogP contribution >= 0.6 is 23.2 Å². The molecule has 6 heteroatoms. The molecule has 1 amide bonds. The predicted octanol–water partition coefficient (Wildman–Crippen LogP) is 3.70. The van der Waals surface area contributed by atoms with Gasteiger partial charge < -0.3 is 10.2 Å². The van der Waals surface area contributed by atoms with E-state index in [9.17, 15) is 4.79 Å². The van der Waals surface area contributed by atoms with E-state index in [0.29, 0.717) is 5.56 Å². The Morgan fingerprint density at radius 3 is 2.67 bits per heavy atom. The zero-order valence-corrected chi connectivity index (χ0v) is 13.2. The van der Waals surface area contributed by atoms with E-state index in [2.05, 4.69) is 10.3 Å². The number of anilines is 1. The topological polar surface area (TPSA) is 45.2 Å². The summed E-state index contributed by atoms with van der Waals surface area (Å²) < 4.78 is 0. The largest absolute Gasteiger partial charge is 0.322 e. The second-order valence-electron chi connectivity index (χ2n) is 4.85. The molecule has 2 aromatic rings. The highest BCUT2D eigenvalue weighted by molar-refractivity contribution is 6.41. The molecule has 0 radical (unpaired) electrons. The fourth-order valence-corrected chi connectivity index (χ4v) is 2.13. The summed E-state index contributed by atoms with van der Waals surface area (Å²) >= 11 is 11.6. The van der Waals surface area contributed by atoms with Gasteiger partial charge in [-0.2, -0.15) is 0 Å². The Labute approximate surface area is 133 Å². The first-order valence-electron chi connectivity index (χ1n) is 6.32. The summed E-state index contributed by atoms with van der Waals surface area (Å²) in [6.45, 7) is 0.732. The Morgan fingerprint density at radius 2 is 2.00 bits per heavy atom. The molecule has 0 aliphatic heterocycles. The van der Waals surface area contributed by atoms with Crippen molar-refractivity contribution >= 4 is 34.8 Å². The lowest BCUT2D eigenvalue weighted by Gasteiger charge is -2.14. The monoisotopic (exact) mass is 323 g/mol. The molecule has 1 aromatic heterocycles. The Hall–Kier alpha value is -1.62. The third-order valence-corrected chi connectivity index (χ3v) is 3.50. The van der Waals surface area contributed by atoms with Gasteiger partial charge in [0.05, 0.1) is 10.6 Å². The van der Waals surface area contributed by atoms with Crippen molar-refractivity contribution in [2.45, 2.75) is 6.54 Å². The number of rotatable bonds is 4. The number of nitrogens with one attached hydrogen (secondary N) is 1. The number of amides is 1. The number of pyridine rings is 1. The van der Waals surface area contributed by atoms with Crippen LogP contribution in [0.25, 0.3) is 0 Å². The lowest BCUT2D eigenvalue weighted by molar-refractivity contribution is 0.102. The summed E-state index contributed by atoms with van der Waals surface area (Å²) in [5.74, 6) is -0.271. The van der Waals surface area contributed by atoms with Gasteiger partial charge >= 0.3 is 0 Å². The summed E-state index contributed by atoms with van der Waals surface area (Å²) in [5, 5.41) is 3.31. The first kappa shape index (κ1) is 15.8. The van der Waals surface area contributed by atoms with Gasteiger partial charge in [-0.25, -0.2) is 4.98 Å². The van der Waals surface area contributed by atoms with Gasteiger partial charge in [0.15, 0.2) is 0 Å². The molecule has 21 heavy (non-hydrogen) atoms. The molecule has 2 rings (SSSR count). The number of carbonyl (C=O) groups is 1. The van der Waals surface area contributed by atoms with Crippen molar-refractivity contribution in [3.05, 3.63) is 57.8 Å². The van der Waals surface area contributed by atoms with Crippen LogP contribution in [0.5, 0.6) is 0 Å². The van der Waals surface area contributed by atoms with Crippen molar-refractivity contribution in [3.8, 4) is 0 Å². The van der Waals surface area contributed by atoms with Crippen LogP contribution in [0.15, 0.2) is 36.5 Å².